The number of para-hydroxylation sites is 1. The molecule has 2 nitrogen and oxygen atoms in total. The third-order valence-electron chi connectivity index (χ3n) is 2.17. The van der Waals surface area contributed by atoms with Gasteiger partial charge < -0.3 is 10.6 Å². The number of benzene rings is 1. The van der Waals surface area contributed by atoms with Gasteiger partial charge in [-0.3, -0.25) is 0 Å². The van der Waals surface area contributed by atoms with E-state index < -0.39 is 0 Å². The highest BCUT2D eigenvalue weighted by Crippen LogP contribution is 2.12. The molecule has 1 rings (SSSR count). The molecule has 0 atom stereocenters. The van der Waals surface area contributed by atoms with Gasteiger partial charge in [0.2, 0.25) is 0 Å². The van der Waals surface area contributed by atoms with Crippen LogP contribution in [0.25, 0.3) is 0 Å². The summed E-state index contributed by atoms with van der Waals surface area (Å²) in [4.78, 5) is 2.29. The Kier molecular flexibility index (Phi) is 4.84. The maximum absolute atomic E-state index is 5.87. The number of hydrogen-bond acceptors (Lipinski definition) is 3. The van der Waals surface area contributed by atoms with Crippen LogP contribution in [0.1, 0.15) is 5.56 Å². The van der Waals surface area contributed by atoms with E-state index in [1.807, 2.05) is 30.0 Å². The van der Waals surface area contributed by atoms with Crippen molar-refractivity contribution in [1.82, 2.24) is 4.90 Å². The molecule has 0 aromatic heterocycles. The topological polar surface area (TPSA) is 29.3 Å². The first-order chi connectivity index (χ1) is 6.74. The van der Waals surface area contributed by atoms with Crippen molar-refractivity contribution in [2.24, 2.45) is 0 Å². The van der Waals surface area contributed by atoms with Crippen molar-refractivity contribution in [2.75, 3.05) is 31.3 Å². The summed E-state index contributed by atoms with van der Waals surface area (Å²) in [7, 11) is 2.13. The maximum Gasteiger partial charge on any atom is 0.0359 e. The van der Waals surface area contributed by atoms with E-state index >= 15 is 0 Å². The highest BCUT2D eigenvalue weighted by Gasteiger charge is 2.01. The van der Waals surface area contributed by atoms with Crippen LogP contribution in [0.2, 0.25) is 0 Å². The Balaban J connectivity index is 2.47. The monoisotopic (exact) mass is 210 g/mol. The average molecular weight is 210 g/mol. The zero-order valence-corrected chi connectivity index (χ0v) is 9.68. The molecule has 0 amide bonds. The van der Waals surface area contributed by atoms with Gasteiger partial charge in [0.25, 0.3) is 0 Å². The minimum Gasteiger partial charge on any atom is -0.398 e. The minimum atomic E-state index is 0.892. The molecule has 14 heavy (non-hydrogen) atoms. The third kappa shape index (κ3) is 3.60. The molecule has 0 radical (unpaired) electrons. The molecule has 0 aliphatic carbocycles. The maximum atomic E-state index is 5.87. The third-order valence-corrected chi connectivity index (χ3v) is 2.76. The van der Waals surface area contributed by atoms with E-state index in [-0.39, 0.29) is 0 Å². The van der Waals surface area contributed by atoms with Crippen molar-refractivity contribution in [3.05, 3.63) is 29.8 Å². The zero-order valence-electron chi connectivity index (χ0n) is 8.86. The van der Waals surface area contributed by atoms with Crippen molar-refractivity contribution in [3.63, 3.8) is 0 Å². The number of thioether (sulfide) groups is 1. The Labute approximate surface area is 90.5 Å². The summed E-state index contributed by atoms with van der Waals surface area (Å²) in [6.07, 6.45) is 2.13. The van der Waals surface area contributed by atoms with E-state index in [2.05, 4.69) is 24.3 Å². The molecule has 0 saturated heterocycles. The normalized spacial score (nSPS) is 10.8. The van der Waals surface area contributed by atoms with Crippen LogP contribution in [0.4, 0.5) is 5.69 Å². The lowest BCUT2D eigenvalue weighted by molar-refractivity contribution is 0.349. The van der Waals surface area contributed by atoms with Crippen LogP contribution in [0.3, 0.4) is 0 Å². The second-order valence-electron chi connectivity index (χ2n) is 3.43. The molecular formula is C11H18N2S. The van der Waals surface area contributed by atoms with Gasteiger partial charge in [0, 0.05) is 24.5 Å². The van der Waals surface area contributed by atoms with E-state index in [9.17, 15) is 0 Å². The number of nitrogens with zero attached hydrogens (tertiary/aromatic N) is 1. The molecule has 3 heteroatoms. The molecule has 0 heterocycles. The summed E-state index contributed by atoms with van der Waals surface area (Å²) in [5, 5.41) is 0. The van der Waals surface area contributed by atoms with Crippen LogP contribution in [0, 0.1) is 0 Å². The quantitative estimate of drug-likeness (QED) is 0.754. The first kappa shape index (κ1) is 11.4. The highest BCUT2D eigenvalue weighted by atomic mass is 32.2. The van der Waals surface area contributed by atoms with Gasteiger partial charge in [-0.1, -0.05) is 18.2 Å². The minimum absolute atomic E-state index is 0.892. The van der Waals surface area contributed by atoms with Crippen LogP contribution in [0.5, 0.6) is 0 Å². The Hall–Kier alpha value is -0.670. The molecular weight excluding hydrogens is 192 g/mol. The van der Waals surface area contributed by atoms with Gasteiger partial charge in [0.05, 0.1) is 0 Å². The molecule has 0 fully saturated rings. The molecule has 0 spiro atoms. The number of nitrogens with two attached hydrogens (primary N) is 1. The summed E-state index contributed by atoms with van der Waals surface area (Å²) in [6, 6.07) is 8.05. The lowest BCUT2D eigenvalue weighted by atomic mass is 10.2. The van der Waals surface area contributed by atoms with Gasteiger partial charge in [-0.25, -0.2) is 0 Å². The standard InChI is InChI=1S/C11H18N2S/c1-13(7-8-14-2)9-10-5-3-4-6-11(10)12/h3-6H,7-9,12H2,1-2H3. The molecule has 0 bridgehead atoms. The second kappa shape index (κ2) is 5.94. The number of hydrogen-bond donors (Lipinski definition) is 1. The Morgan fingerprint density at radius 1 is 1.36 bits per heavy atom. The molecule has 78 valence electrons. The van der Waals surface area contributed by atoms with Gasteiger partial charge >= 0.3 is 0 Å². The van der Waals surface area contributed by atoms with Crippen LogP contribution in [0.15, 0.2) is 24.3 Å². The van der Waals surface area contributed by atoms with E-state index in [4.69, 9.17) is 5.73 Å². The van der Waals surface area contributed by atoms with Crippen molar-refractivity contribution >= 4 is 17.4 Å². The number of rotatable bonds is 5. The predicted octanol–water partition coefficient (Wildman–Crippen LogP) is 2.06. The smallest absolute Gasteiger partial charge is 0.0359 e. The Morgan fingerprint density at radius 2 is 2.07 bits per heavy atom. The van der Waals surface area contributed by atoms with Crippen molar-refractivity contribution in [1.29, 1.82) is 0 Å². The fraction of sp³-hybridized carbons (Fsp3) is 0.455. The number of anilines is 1. The summed E-state index contributed by atoms with van der Waals surface area (Å²) in [5.41, 5.74) is 7.98. The number of nitrogen functional groups attached to an aromatic ring is 1. The van der Waals surface area contributed by atoms with Gasteiger partial charge in [-0.15, -0.1) is 0 Å². The molecule has 0 aliphatic rings. The molecule has 0 aliphatic heterocycles. The summed E-state index contributed by atoms with van der Waals surface area (Å²) in [6.45, 7) is 2.04. The summed E-state index contributed by atoms with van der Waals surface area (Å²) < 4.78 is 0. The van der Waals surface area contributed by atoms with Gasteiger partial charge in [-0.2, -0.15) is 11.8 Å². The molecule has 0 unspecified atom stereocenters. The first-order valence-electron chi connectivity index (χ1n) is 4.75. The fourth-order valence-electron chi connectivity index (χ4n) is 1.30. The van der Waals surface area contributed by atoms with Crippen LogP contribution >= 0.6 is 11.8 Å². The molecule has 2 N–H and O–H groups in total. The Bertz CT molecular complexity index is 276. The van der Waals surface area contributed by atoms with Gasteiger partial charge in [0.15, 0.2) is 0 Å². The van der Waals surface area contributed by atoms with E-state index in [1.165, 1.54) is 11.3 Å². The van der Waals surface area contributed by atoms with Gasteiger partial charge in [-0.05, 0) is 24.9 Å². The average Bonchev–Trinajstić information content (AvgIpc) is 2.18. The van der Waals surface area contributed by atoms with E-state index in [0.717, 1.165) is 18.8 Å². The first-order valence-corrected chi connectivity index (χ1v) is 6.14. The van der Waals surface area contributed by atoms with Crippen molar-refractivity contribution < 1.29 is 0 Å². The van der Waals surface area contributed by atoms with Crippen LogP contribution in [-0.4, -0.2) is 30.5 Å². The fourth-order valence-corrected chi connectivity index (χ4v) is 1.79. The SMILES string of the molecule is CSCCN(C)Cc1ccccc1N. The van der Waals surface area contributed by atoms with Crippen LogP contribution < -0.4 is 5.73 Å². The van der Waals surface area contributed by atoms with Crippen molar-refractivity contribution in [2.45, 2.75) is 6.54 Å². The lowest BCUT2D eigenvalue weighted by Crippen LogP contribution is -2.21. The molecule has 0 saturated carbocycles. The summed E-state index contributed by atoms with van der Waals surface area (Å²) in [5.74, 6) is 1.17. The van der Waals surface area contributed by atoms with E-state index in [1.54, 1.807) is 0 Å². The van der Waals surface area contributed by atoms with E-state index in [0.29, 0.717) is 0 Å². The zero-order chi connectivity index (χ0) is 10.4. The summed E-state index contributed by atoms with van der Waals surface area (Å²) >= 11 is 1.87. The van der Waals surface area contributed by atoms with Gasteiger partial charge in [0.1, 0.15) is 0 Å². The highest BCUT2D eigenvalue weighted by molar-refractivity contribution is 7.98. The largest absolute Gasteiger partial charge is 0.398 e. The lowest BCUT2D eigenvalue weighted by Gasteiger charge is -2.16. The second-order valence-corrected chi connectivity index (χ2v) is 4.41. The Morgan fingerprint density at radius 3 is 2.71 bits per heavy atom. The molecule has 1 aromatic rings. The predicted molar refractivity (Wildman–Crippen MR) is 65.6 cm³/mol. The van der Waals surface area contributed by atoms with Crippen LogP contribution in [-0.2, 0) is 6.54 Å². The van der Waals surface area contributed by atoms with Crippen molar-refractivity contribution in [3.8, 4) is 0 Å². The molecule has 1 aromatic carbocycles.